The van der Waals surface area contributed by atoms with Gasteiger partial charge in [-0.2, -0.15) is 0 Å². The highest BCUT2D eigenvalue weighted by Gasteiger charge is 2.45. The summed E-state index contributed by atoms with van der Waals surface area (Å²) in [5.41, 5.74) is -0.0343. The number of carbonyl (C=O) groups is 1. The van der Waals surface area contributed by atoms with E-state index in [4.69, 9.17) is 0 Å². The van der Waals surface area contributed by atoms with Gasteiger partial charge in [-0.05, 0) is 30.8 Å². The zero-order valence-corrected chi connectivity index (χ0v) is 11.3. The van der Waals surface area contributed by atoms with Gasteiger partial charge in [0, 0.05) is 11.3 Å². The Bertz CT molecular complexity index is 248. The molecule has 86 valence electrons. The van der Waals surface area contributed by atoms with Crippen LogP contribution in [0, 0.1) is 11.3 Å². The van der Waals surface area contributed by atoms with E-state index in [2.05, 4.69) is 13.8 Å². The predicted molar refractivity (Wildman–Crippen MR) is 69.5 cm³/mol. The fraction of sp³-hybridized carbons (Fsp3) is 0.917. The van der Waals surface area contributed by atoms with Crippen molar-refractivity contribution in [1.82, 2.24) is 0 Å². The lowest BCUT2D eigenvalue weighted by Crippen LogP contribution is -2.43. The van der Waals surface area contributed by atoms with E-state index in [1.54, 1.807) is 0 Å². The van der Waals surface area contributed by atoms with E-state index in [-0.39, 0.29) is 5.41 Å². The molecule has 1 aliphatic carbocycles. The molecular weight excluding hydrogens is 224 g/mol. The van der Waals surface area contributed by atoms with Gasteiger partial charge in [0.1, 0.15) is 5.78 Å². The summed E-state index contributed by atoms with van der Waals surface area (Å²) in [5.74, 6) is 3.32. The lowest BCUT2D eigenvalue weighted by atomic mass is 9.71. The van der Waals surface area contributed by atoms with E-state index >= 15 is 0 Å². The highest BCUT2D eigenvalue weighted by Crippen LogP contribution is 2.49. The van der Waals surface area contributed by atoms with Crippen molar-refractivity contribution in [3.05, 3.63) is 0 Å². The number of hydrogen-bond donors (Lipinski definition) is 0. The Labute approximate surface area is 101 Å². The molecule has 1 saturated carbocycles. The Hall–Kier alpha value is 0.370. The molecule has 1 aliphatic heterocycles. The molecule has 0 spiro atoms. The van der Waals surface area contributed by atoms with Gasteiger partial charge >= 0.3 is 0 Å². The predicted octanol–water partition coefficient (Wildman–Crippen LogP) is 3.58. The van der Waals surface area contributed by atoms with E-state index in [1.807, 2.05) is 23.5 Å². The summed E-state index contributed by atoms with van der Waals surface area (Å²) in [6.45, 7) is 4.32. The van der Waals surface area contributed by atoms with Crippen LogP contribution in [-0.2, 0) is 4.79 Å². The smallest absolute Gasteiger partial charge is 0.143 e. The van der Waals surface area contributed by atoms with Gasteiger partial charge in [-0.3, -0.25) is 4.79 Å². The third kappa shape index (κ3) is 2.23. The van der Waals surface area contributed by atoms with Crippen LogP contribution in [0.3, 0.4) is 0 Å². The van der Waals surface area contributed by atoms with Crippen LogP contribution in [-0.4, -0.2) is 21.9 Å². The van der Waals surface area contributed by atoms with Crippen molar-refractivity contribution >= 4 is 29.3 Å². The minimum atomic E-state index is -0.0343. The summed E-state index contributed by atoms with van der Waals surface area (Å²) in [5, 5.41) is 0. The first kappa shape index (κ1) is 11.8. The van der Waals surface area contributed by atoms with Gasteiger partial charge in [0.25, 0.3) is 0 Å². The van der Waals surface area contributed by atoms with Crippen LogP contribution < -0.4 is 0 Å². The minimum absolute atomic E-state index is 0.0343. The molecule has 2 rings (SSSR count). The molecule has 0 amide bonds. The van der Waals surface area contributed by atoms with Gasteiger partial charge in [-0.15, -0.1) is 23.5 Å². The van der Waals surface area contributed by atoms with Gasteiger partial charge in [0.05, 0.1) is 4.58 Å². The summed E-state index contributed by atoms with van der Waals surface area (Å²) in [7, 11) is 0. The Morgan fingerprint density at radius 2 is 1.93 bits per heavy atom. The average Bonchev–Trinajstić information content (AvgIpc) is 2.27. The molecule has 1 heterocycles. The molecule has 2 fully saturated rings. The fourth-order valence-corrected chi connectivity index (χ4v) is 6.08. The maximum Gasteiger partial charge on any atom is 0.143 e. The number of rotatable bonds is 1. The van der Waals surface area contributed by atoms with Crippen molar-refractivity contribution < 1.29 is 4.79 Å². The van der Waals surface area contributed by atoms with E-state index in [0.717, 1.165) is 12.8 Å². The van der Waals surface area contributed by atoms with Gasteiger partial charge in [-0.1, -0.05) is 20.3 Å². The zero-order chi connectivity index (χ0) is 10.9. The third-order valence-corrected chi connectivity index (χ3v) is 7.20. The monoisotopic (exact) mass is 244 g/mol. The van der Waals surface area contributed by atoms with Crippen LogP contribution in [0.4, 0.5) is 0 Å². The summed E-state index contributed by atoms with van der Waals surface area (Å²) in [6, 6.07) is 0. The molecule has 0 bridgehead atoms. The third-order valence-electron chi connectivity index (χ3n) is 3.69. The summed E-state index contributed by atoms with van der Waals surface area (Å²) in [4.78, 5) is 12.3. The molecule has 0 aromatic heterocycles. The number of carbonyl (C=O) groups excluding carboxylic acids is 1. The van der Waals surface area contributed by atoms with Gasteiger partial charge in [-0.25, -0.2) is 0 Å². The first-order chi connectivity index (χ1) is 7.14. The topological polar surface area (TPSA) is 17.1 Å². The lowest BCUT2D eigenvalue weighted by molar-refractivity contribution is -0.133. The molecule has 0 aromatic carbocycles. The maximum atomic E-state index is 12.3. The molecular formula is C12H20OS2. The van der Waals surface area contributed by atoms with Gasteiger partial charge in [0.15, 0.2) is 0 Å². The Kier molecular flexibility index (Phi) is 3.71. The second-order valence-corrected chi connectivity index (χ2v) is 7.73. The van der Waals surface area contributed by atoms with Crippen LogP contribution in [0.1, 0.15) is 39.5 Å². The van der Waals surface area contributed by atoms with Crippen molar-refractivity contribution in [3.63, 3.8) is 0 Å². The number of thioether (sulfide) groups is 2. The number of ketones is 1. The summed E-state index contributed by atoms with van der Waals surface area (Å²) < 4.78 is 0.529. The Morgan fingerprint density at radius 1 is 1.27 bits per heavy atom. The lowest BCUT2D eigenvalue weighted by Gasteiger charge is -2.42. The van der Waals surface area contributed by atoms with Crippen molar-refractivity contribution in [1.29, 1.82) is 0 Å². The normalized spacial score (nSPS) is 39.3. The molecule has 0 N–H and O–H groups in total. The van der Waals surface area contributed by atoms with Crippen molar-refractivity contribution in [2.75, 3.05) is 11.5 Å². The average molecular weight is 244 g/mol. The largest absolute Gasteiger partial charge is 0.299 e. The highest BCUT2D eigenvalue weighted by atomic mass is 32.2. The van der Waals surface area contributed by atoms with E-state index in [9.17, 15) is 4.79 Å². The Balaban J connectivity index is 2.12. The SMILES string of the molecule is C[C@@H]1CCC[C@](C)(C2SCCCS2)C1=O. The Morgan fingerprint density at radius 3 is 2.60 bits per heavy atom. The molecule has 0 radical (unpaired) electrons. The summed E-state index contributed by atoms with van der Waals surface area (Å²) >= 11 is 4.03. The summed E-state index contributed by atoms with van der Waals surface area (Å²) in [6.07, 6.45) is 4.77. The minimum Gasteiger partial charge on any atom is -0.299 e. The molecule has 3 heteroatoms. The first-order valence-corrected chi connectivity index (χ1v) is 8.02. The number of Topliss-reactive ketones (excluding diaryl/α,β-unsaturated/α-hetero) is 1. The molecule has 2 atom stereocenters. The van der Waals surface area contributed by atoms with Crippen molar-refractivity contribution in [3.8, 4) is 0 Å². The molecule has 0 aromatic rings. The first-order valence-electron chi connectivity index (χ1n) is 5.92. The number of hydrogen-bond acceptors (Lipinski definition) is 3. The zero-order valence-electron chi connectivity index (χ0n) is 9.62. The van der Waals surface area contributed by atoms with Crippen LogP contribution in [0.15, 0.2) is 0 Å². The molecule has 0 unspecified atom stereocenters. The second kappa shape index (κ2) is 4.70. The van der Waals surface area contributed by atoms with Crippen LogP contribution in [0.25, 0.3) is 0 Å². The second-order valence-electron chi connectivity index (χ2n) is 5.00. The molecule has 15 heavy (non-hydrogen) atoms. The van der Waals surface area contributed by atoms with Gasteiger partial charge < -0.3 is 0 Å². The fourth-order valence-electron chi connectivity index (χ4n) is 2.68. The van der Waals surface area contributed by atoms with Crippen molar-refractivity contribution in [2.45, 2.75) is 44.1 Å². The van der Waals surface area contributed by atoms with E-state index < -0.39 is 0 Å². The van der Waals surface area contributed by atoms with E-state index in [1.165, 1.54) is 24.3 Å². The maximum absolute atomic E-state index is 12.3. The van der Waals surface area contributed by atoms with Gasteiger partial charge in [0.2, 0.25) is 0 Å². The molecule has 1 saturated heterocycles. The van der Waals surface area contributed by atoms with Crippen LogP contribution >= 0.6 is 23.5 Å². The standard InChI is InChI=1S/C12H20OS2/c1-9-5-3-6-12(2,10(9)13)11-14-7-4-8-15-11/h9,11H,3-8H2,1-2H3/t9-,12+/m1/s1. The molecule has 2 aliphatic rings. The quantitative estimate of drug-likeness (QED) is 0.702. The van der Waals surface area contributed by atoms with Crippen molar-refractivity contribution in [2.24, 2.45) is 11.3 Å². The van der Waals surface area contributed by atoms with Crippen LogP contribution in [0.2, 0.25) is 0 Å². The highest BCUT2D eigenvalue weighted by molar-refractivity contribution is 8.17. The molecule has 1 nitrogen and oxygen atoms in total. The van der Waals surface area contributed by atoms with E-state index in [0.29, 0.717) is 16.3 Å². The van der Waals surface area contributed by atoms with Crippen LogP contribution in [0.5, 0.6) is 0 Å².